The van der Waals surface area contributed by atoms with Crippen molar-refractivity contribution in [3.05, 3.63) is 12.2 Å². The van der Waals surface area contributed by atoms with Crippen LogP contribution in [0.1, 0.15) is 6.42 Å². The Hall–Kier alpha value is -1.32. The predicted octanol–water partition coefficient (Wildman–Crippen LogP) is -0.0573. The average molecular weight is 142 g/mol. The van der Waals surface area contributed by atoms with Gasteiger partial charge in [0.1, 0.15) is 6.10 Å². The van der Waals surface area contributed by atoms with Crippen LogP contribution in [0, 0.1) is 0 Å². The smallest absolute Gasteiger partial charge is 0.331 e. The molecule has 4 nitrogen and oxygen atoms in total. The lowest BCUT2D eigenvalue weighted by Crippen LogP contribution is -2.12. The van der Waals surface area contributed by atoms with Crippen LogP contribution < -0.4 is 0 Å². The van der Waals surface area contributed by atoms with Gasteiger partial charge in [-0.15, -0.1) is 0 Å². The number of hydrogen-bond donors (Lipinski definition) is 1. The molecule has 0 unspecified atom stereocenters. The van der Waals surface area contributed by atoms with Gasteiger partial charge in [-0.2, -0.15) is 0 Å². The van der Waals surface area contributed by atoms with E-state index in [2.05, 4.69) is 4.74 Å². The molecule has 0 saturated carbocycles. The first-order chi connectivity index (χ1) is 4.68. The Morgan fingerprint density at radius 1 is 1.80 bits per heavy atom. The summed E-state index contributed by atoms with van der Waals surface area (Å²) < 4.78 is 4.54. The molecular weight excluding hydrogens is 136 g/mol. The molecule has 0 bridgehead atoms. The molecule has 1 rings (SSSR count). The Balaban J connectivity index is 2.40. The van der Waals surface area contributed by atoms with E-state index in [0.717, 1.165) is 0 Å². The number of carbonyl (C=O) groups is 2. The molecule has 0 spiro atoms. The molecule has 0 fully saturated rings. The zero-order valence-electron chi connectivity index (χ0n) is 5.11. The van der Waals surface area contributed by atoms with E-state index >= 15 is 0 Å². The largest absolute Gasteiger partial charge is 0.481 e. The van der Waals surface area contributed by atoms with Gasteiger partial charge in [-0.3, -0.25) is 4.79 Å². The number of esters is 1. The second-order valence-electron chi connectivity index (χ2n) is 1.93. The van der Waals surface area contributed by atoms with Gasteiger partial charge in [-0.1, -0.05) is 0 Å². The highest BCUT2D eigenvalue weighted by atomic mass is 16.5. The summed E-state index contributed by atoms with van der Waals surface area (Å²) in [6, 6.07) is 0. The van der Waals surface area contributed by atoms with E-state index in [4.69, 9.17) is 5.11 Å². The van der Waals surface area contributed by atoms with Crippen molar-refractivity contribution in [3.8, 4) is 0 Å². The molecule has 1 atom stereocenters. The highest BCUT2D eigenvalue weighted by molar-refractivity contribution is 5.85. The number of aliphatic carboxylic acids is 1. The molecule has 0 amide bonds. The standard InChI is InChI=1S/C6H6O4/c7-5(8)3-4-1-2-6(9)10-4/h1-2,4H,3H2,(H,7,8)/t4-/m1/s1. The van der Waals surface area contributed by atoms with Crippen molar-refractivity contribution in [3.63, 3.8) is 0 Å². The van der Waals surface area contributed by atoms with Gasteiger partial charge < -0.3 is 9.84 Å². The zero-order valence-corrected chi connectivity index (χ0v) is 5.11. The van der Waals surface area contributed by atoms with Gasteiger partial charge in [-0.05, 0) is 6.08 Å². The molecule has 10 heavy (non-hydrogen) atoms. The van der Waals surface area contributed by atoms with Crippen LogP contribution in [0.5, 0.6) is 0 Å². The SMILES string of the molecule is O=C(O)C[C@H]1C=CC(=O)O1. The van der Waals surface area contributed by atoms with E-state index in [1.54, 1.807) is 0 Å². The average Bonchev–Trinajstić information content (AvgIpc) is 2.13. The van der Waals surface area contributed by atoms with Crippen molar-refractivity contribution in [2.45, 2.75) is 12.5 Å². The van der Waals surface area contributed by atoms with Crippen molar-refractivity contribution in [1.29, 1.82) is 0 Å². The highest BCUT2D eigenvalue weighted by Crippen LogP contribution is 2.07. The fraction of sp³-hybridized carbons (Fsp3) is 0.333. The maximum atomic E-state index is 10.3. The van der Waals surface area contributed by atoms with Crippen LogP contribution in [0.2, 0.25) is 0 Å². The minimum atomic E-state index is -0.968. The number of carboxylic acids is 1. The third kappa shape index (κ3) is 1.58. The van der Waals surface area contributed by atoms with E-state index in [9.17, 15) is 9.59 Å². The summed E-state index contributed by atoms with van der Waals surface area (Å²) >= 11 is 0. The van der Waals surface area contributed by atoms with E-state index in [1.807, 2.05) is 0 Å². The topological polar surface area (TPSA) is 63.6 Å². The number of carbonyl (C=O) groups excluding carboxylic acids is 1. The zero-order chi connectivity index (χ0) is 7.56. The van der Waals surface area contributed by atoms with Gasteiger partial charge in [0.2, 0.25) is 0 Å². The minimum absolute atomic E-state index is 0.151. The number of carboxylic acid groups (broad SMARTS) is 1. The van der Waals surface area contributed by atoms with Crippen LogP contribution in [-0.4, -0.2) is 23.1 Å². The molecule has 0 aromatic carbocycles. The molecule has 0 aliphatic carbocycles. The van der Waals surface area contributed by atoms with Crippen LogP contribution >= 0.6 is 0 Å². The lowest BCUT2D eigenvalue weighted by atomic mass is 10.2. The molecule has 0 aromatic rings. The maximum Gasteiger partial charge on any atom is 0.331 e. The van der Waals surface area contributed by atoms with Crippen LogP contribution in [0.3, 0.4) is 0 Å². The maximum absolute atomic E-state index is 10.3. The summed E-state index contributed by atoms with van der Waals surface area (Å²) in [7, 11) is 0. The first-order valence-electron chi connectivity index (χ1n) is 2.79. The summed E-state index contributed by atoms with van der Waals surface area (Å²) in [4.78, 5) is 20.4. The van der Waals surface area contributed by atoms with Crippen LogP contribution in [0.15, 0.2) is 12.2 Å². The molecule has 4 heteroatoms. The summed E-state index contributed by atoms with van der Waals surface area (Å²) in [5, 5.41) is 8.23. The Morgan fingerprint density at radius 2 is 2.50 bits per heavy atom. The molecular formula is C6H6O4. The quantitative estimate of drug-likeness (QED) is 0.548. The van der Waals surface area contributed by atoms with Crippen LogP contribution in [0.4, 0.5) is 0 Å². The fourth-order valence-corrected chi connectivity index (χ4v) is 0.695. The normalized spacial score (nSPS) is 22.8. The molecule has 0 saturated heterocycles. The van der Waals surface area contributed by atoms with Gasteiger partial charge >= 0.3 is 11.9 Å². The molecule has 54 valence electrons. The van der Waals surface area contributed by atoms with Gasteiger partial charge in [0.05, 0.1) is 6.42 Å². The minimum Gasteiger partial charge on any atom is -0.481 e. The Morgan fingerprint density at radius 3 is 2.90 bits per heavy atom. The van der Waals surface area contributed by atoms with Crippen molar-refractivity contribution >= 4 is 11.9 Å². The summed E-state index contributed by atoms with van der Waals surface area (Å²) in [5.41, 5.74) is 0. The number of cyclic esters (lactones) is 1. The fourth-order valence-electron chi connectivity index (χ4n) is 0.695. The molecule has 1 aliphatic heterocycles. The van der Waals surface area contributed by atoms with Crippen molar-refractivity contribution in [1.82, 2.24) is 0 Å². The van der Waals surface area contributed by atoms with Gasteiger partial charge in [0, 0.05) is 6.08 Å². The van der Waals surface area contributed by atoms with Crippen molar-refractivity contribution in [2.24, 2.45) is 0 Å². The van der Waals surface area contributed by atoms with Crippen molar-refractivity contribution < 1.29 is 19.4 Å². The molecule has 0 radical (unpaired) electrons. The first kappa shape index (κ1) is 6.80. The molecule has 1 heterocycles. The number of rotatable bonds is 2. The van der Waals surface area contributed by atoms with Crippen molar-refractivity contribution in [2.75, 3.05) is 0 Å². The Kier molecular flexibility index (Phi) is 1.71. The number of ether oxygens (including phenoxy) is 1. The Bertz CT molecular complexity index is 194. The molecule has 0 aromatic heterocycles. The van der Waals surface area contributed by atoms with E-state index in [1.165, 1.54) is 12.2 Å². The Labute approximate surface area is 57.1 Å². The lowest BCUT2D eigenvalue weighted by molar-refractivity contribution is -0.144. The van der Waals surface area contributed by atoms with E-state index in [0.29, 0.717) is 0 Å². The second-order valence-corrected chi connectivity index (χ2v) is 1.93. The second kappa shape index (κ2) is 2.51. The van der Waals surface area contributed by atoms with Gasteiger partial charge in [0.15, 0.2) is 0 Å². The monoisotopic (exact) mass is 142 g/mol. The molecule has 1 aliphatic rings. The summed E-state index contributed by atoms with van der Waals surface area (Å²) in [5.74, 6) is -1.43. The molecule has 1 N–H and O–H groups in total. The van der Waals surface area contributed by atoms with Gasteiger partial charge in [-0.25, -0.2) is 4.79 Å². The summed E-state index contributed by atoms with van der Waals surface area (Å²) in [6.07, 6.45) is 1.96. The lowest BCUT2D eigenvalue weighted by Gasteiger charge is -2.02. The summed E-state index contributed by atoms with van der Waals surface area (Å²) in [6.45, 7) is 0. The third-order valence-electron chi connectivity index (χ3n) is 1.09. The van der Waals surface area contributed by atoms with Gasteiger partial charge in [0.25, 0.3) is 0 Å². The van der Waals surface area contributed by atoms with E-state index < -0.39 is 18.0 Å². The number of hydrogen-bond acceptors (Lipinski definition) is 3. The first-order valence-corrected chi connectivity index (χ1v) is 2.79. The van der Waals surface area contributed by atoms with E-state index in [-0.39, 0.29) is 6.42 Å². The van der Waals surface area contributed by atoms with Crippen LogP contribution in [-0.2, 0) is 14.3 Å². The van der Waals surface area contributed by atoms with Crippen LogP contribution in [0.25, 0.3) is 0 Å². The third-order valence-corrected chi connectivity index (χ3v) is 1.09. The predicted molar refractivity (Wildman–Crippen MR) is 31.3 cm³/mol. The highest BCUT2D eigenvalue weighted by Gasteiger charge is 2.18.